The lowest BCUT2D eigenvalue weighted by atomic mass is 10.1. The number of ether oxygens (including phenoxy) is 3. The molecule has 3 heterocycles. The van der Waals surface area contributed by atoms with Crippen molar-refractivity contribution in [2.45, 2.75) is 24.1 Å². The van der Waals surface area contributed by atoms with Gasteiger partial charge in [0.1, 0.15) is 23.1 Å². The van der Waals surface area contributed by atoms with Crippen LogP contribution in [0.15, 0.2) is 64.4 Å². The van der Waals surface area contributed by atoms with Crippen LogP contribution < -0.4 is 9.47 Å². The van der Waals surface area contributed by atoms with E-state index < -0.39 is 0 Å². The summed E-state index contributed by atoms with van der Waals surface area (Å²) in [6, 6.07) is 14.3. The summed E-state index contributed by atoms with van der Waals surface area (Å²) in [5, 5.41) is 9.53. The van der Waals surface area contributed by atoms with Crippen molar-refractivity contribution in [3.63, 3.8) is 0 Å². The van der Waals surface area contributed by atoms with Gasteiger partial charge >= 0.3 is 0 Å². The van der Waals surface area contributed by atoms with E-state index in [1.165, 1.54) is 23.9 Å². The first-order valence-electron chi connectivity index (χ1n) is 9.96. The van der Waals surface area contributed by atoms with E-state index in [4.69, 9.17) is 18.6 Å². The van der Waals surface area contributed by atoms with Crippen LogP contribution in [0.5, 0.6) is 11.5 Å². The fourth-order valence-corrected chi connectivity index (χ4v) is 4.48. The van der Waals surface area contributed by atoms with Crippen LogP contribution >= 0.6 is 11.8 Å². The molecular weight excluding hydrogens is 433 g/mol. The Morgan fingerprint density at radius 2 is 2.09 bits per heavy atom. The summed E-state index contributed by atoms with van der Waals surface area (Å²) in [6.45, 7) is 0.949. The molecule has 9 heteroatoms. The number of furan rings is 1. The number of thioether (sulfide) groups is 1. The van der Waals surface area contributed by atoms with Crippen LogP contribution in [0.4, 0.5) is 4.39 Å². The van der Waals surface area contributed by atoms with E-state index in [9.17, 15) is 4.39 Å². The van der Waals surface area contributed by atoms with E-state index in [2.05, 4.69) is 10.2 Å². The first-order valence-corrected chi connectivity index (χ1v) is 10.9. The summed E-state index contributed by atoms with van der Waals surface area (Å²) >= 11 is 1.46. The Labute approximate surface area is 188 Å². The zero-order valence-electron chi connectivity index (χ0n) is 17.3. The van der Waals surface area contributed by atoms with Gasteiger partial charge in [0.2, 0.25) is 0 Å². The van der Waals surface area contributed by atoms with Gasteiger partial charge in [-0.2, -0.15) is 0 Å². The van der Waals surface area contributed by atoms with Crippen LogP contribution in [0.1, 0.15) is 16.9 Å². The molecule has 0 spiro atoms. The molecular formula is C23H20FN3O4S. The van der Waals surface area contributed by atoms with Crippen molar-refractivity contribution in [2.24, 2.45) is 0 Å². The number of hydrogen-bond donors (Lipinski definition) is 0. The second-order valence-electron chi connectivity index (χ2n) is 7.16. The molecule has 2 aromatic carbocycles. The third-order valence-corrected chi connectivity index (χ3v) is 6.06. The fraction of sp³-hybridized carbons (Fsp3) is 0.217. The van der Waals surface area contributed by atoms with E-state index >= 15 is 0 Å². The number of halogens is 1. The van der Waals surface area contributed by atoms with Gasteiger partial charge in [-0.15, -0.1) is 10.2 Å². The second kappa shape index (κ2) is 9.05. The number of rotatable bonds is 7. The minimum atomic E-state index is -0.317. The van der Waals surface area contributed by atoms with Gasteiger partial charge in [0.15, 0.2) is 17.8 Å². The molecule has 0 N–H and O–H groups in total. The Balaban J connectivity index is 1.48. The molecule has 0 amide bonds. The van der Waals surface area contributed by atoms with Crippen LogP contribution in [0.25, 0.3) is 11.4 Å². The summed E-state index contributed by atoms with van der Waals surface area (Å²) in [7, 11) is 1.63. The zero-order valence-corrected chi connectivity index (χ0v) is 18.1. The minimum absolute atomic E-state index is 0.158. The highest BCUT2D eigenvalue weighted by atomic mass is 32.2. The lowest BCUT2D eigenvalue weighted by Crippen LogP contribution is -2.13. The number of methoxy groups -OCH3 is 1. The maximum Gasteiger partial charge on any atom is 0.192 e. The SMILES string of the molecule is COc1cccc(-c2nnc(SCc3cc(F)cc4c3OCOC4)n2Cc2ccco2)c1. The van der Waals surface area contributed by atoms with Gasteiger partial charge in [-0.3, -0.25) is 4.57 Å². The number of nitrogens with zero attached hydrogens (tertiary/aromatic N) is 3. The highest BCUT2D eigenvalue weighted by Gasteiger charge is 2.20. The number of fused-ring (bicyclic) bond motifs is 1. The smallest absolute Gasteiger partial charge is 0.192 e. The van der Waals surface area contributed by atoms with Crippen molar-refractivity contribution in [3.05, 3.63) is 77.5 Å². The molecule has 0 radical (unpaired) electrons. The van der Waals surface area contributed by atoms with Crippen molar-refractivity contribution in [3.8, 4) is 22.9 Å². The molecule has 1 aliphatic heterocycles. The monoisotopic (exact) mass is 453 g/mol. The van der Waals surface area contributed by atoms with E-state index in [0.717, 1.165) is 22.6 Å². The third kappa shape index (κ3) is 4.21. The van der Waals surface area contributed by atoms with Gasteiger partial charge < -0.3 is 18.6 Å². The summed E-state index contributed by atoms with van der Waals surface area (Å²) in [6.07, 6.45) is 1.64. The largest absolute Gasteiger partial charge is 0.497 e. The van der Waals surface area contributed by atoms with Crippen molar-refractivity contribution in [1.29, 1.82) is 0 Å². The first kappa shape index (κ1) is 20.6. The van der Waals surface area contributed by atoms with Crippen LogP contribution in [-0.4, -0.2) is 28.7 Å². The molecule has 0 saturated heterocycles. The standard InChI is InChI=1S/C23H20FN3O4S/c1-28-19-5-2-4-15(10-19)22-25-26-23(27(22)11-20-6-3-7-30-20)32-13-17-9-18(24)8-16-12-29-14-31-21(16)17/h2-10H,11-14H2,1H3. The molecule has 32 heavy (non-hydrogen) atoms. The van der Waals surface area contributed by atoms with Gasteiger partial charge in [0.25, 0.3) is 0 Å². The highest BCUT2D eigenvalue weighted by Crippen LogP contribution is 2.35. The van der Waals surface area contributed by atoms with Crippen molar-refractivity contribution < 1.29 is 23.0 Å². The summed E-state index contributed by atoms with van der Waals surface area (Å²) < 4.78 is 37.9. The first-order chi connectivity index (χ1) is 15.7. The Morgan fingerprint density at radius 1 is 1.16 bits per heavy atom. The Morgan fingerprint density at radius 3 is 2.94 bits per heavy atom. The molecule has 1 aliphatic rings. The van der Waals surface area contributed by atoms with Crippen LogP contribution in [-0.2, 0) is 23.6 Å². The molecule has 0 atom stereocenters. The Kier molecular flexibility index (Phi) is 5.83. The minimum Gasteiger partial charge on any atom is -0.497 e. The van der Waals surface area contributed by atoms with Crippen LogP contribution in [0.2, 0.25) is 0 Å². The summed E-state index contributed by atoms with van der Waals surface area (Å²) in [5.74, 6) is 3.02. The highest BCUT2D eigenvalue weighted by molar-refractivity contribution is 7.98. The summed E-state index contributed by atoms with van der Waals surface area (Å²) in [4.78, 5) is 0. The molecule has 7 nitrogen and oxygen atoms in total. The van der Waals surface area contributed by atoms with E-state index in [0.29, 0.717) is 41.2 Å². The molecule has 0 unspecified atom stereocenters. The average molecular weight is 453 g/mol. The fourth-order valence-electron chi connectivity index (χ4n) is 3.58. The van der Waals surface area contributed by atoms with Gasteiger partial charge in [-0.1, -0.05) is 23.9 Å². The predicted octanol–water partition coefficient (Wildman–Crippen LogP) is 4.89. The quantitative estimate of drug-likeness (QED) is 0.369. The zero-order chi connectivity index (χ0) is 21.9. The van der Waals surface area contributed by atoms with Crippen LogP contribution in [0.3, 0.4) is 0 Å². The molecule has 4 aromatic rings. The number of hydrogen-bond acceptors (Lipinski definition) is 7. The molecule has 0 aliphatic carbocycles. The van der Waals surface area contributed by atoms with Gasteiger partial charge in [0.05, 0.1) is 26.5 Å². The van der Waals surface area contributed by atoms with Crippen molar-refractivity contribution >= 4 is 11.8 Å². The maximum atomic E-state index is 14.1. The second-order valence-corrected chi connectivity index (χ2v) is 8.10. The number of benzene rings is 2. The Hall–Kier alpha value is -3.30. The molecule has 0 bridgehead atoms. The molecule has 0 saturated carbocycles. The Bertz CT molecular complexity index is 1230. The van der Waals surface area contributed by atoms with Crippen molar-refractivity contribution in [1.82, 2.24) is 14.8 Å². The van der Waals surface area contributed by atoms with Gasteiger partial charge in [0, 0.05) is 22.4 Å². The van der Waals surface area contributed by atoms with E-state index in [-0.39, 0.29) is 12.6 Å². The van der Waals surface area contributed by atoms with Crippen LogP contribution in [0, 0.1) is 5.82 Å². The molecule has 0 fully saturated rings. The van der Waals surface area contributed by atoms with E-state index in [1.807, 2.05) is 41.0 Å². The van der Waals surface area contributed by atoms with Gasteiger partial charge in [-0.25, -0.2) is 4.39 Å². The topological polar surface area (TPSA) is 71.5 Å². The molecule has 2 aromatic heterocycles. The lowest BCUT2D eigenvalue weighted by Gasteiger charge is -2.20. The molecule has 5 rings (SSSR count). The summed E-state index contributed by atoms with van der Waals surface area (Å²) in [5.41, 5.74) is 2.34. The average Bonchev–Trinajstić information content (AvgIpc) is 3.48. The normalized spacial score (nSPS) is 12.9. The maximum absolute atomic E-state index is 14.1. The third-order valence-electron chi connectivity index (χ3n) is 5.05. The predicted molar refractivity (Wildman–Crippen MR) is 116 cm³/mol. The van der Waals surface area contributed by atoms with Crippen molar-refractivity contribution in [2.75, 3.05) is 13.9 Å². The lowest BCUT2D eigenvalue weighted by molar-refractivity contribution is -0.0171. The van der Waals surface area contributed by atoms with E-state index in [1.54, 1.807) is 13.4 Å². The number of aromatic nitrogens is 3. The van der Waals surface area contributed by atoms with Gasteiger partial charge in [-0.05, 0) is 36.4 Å². The molecule has 164 valence electrons.